The summed E-state index contributed by atoms with van der Waals surface area (Å²) in [6.45, 7) is 1.94. The number of aromatic amines is 1. The quantitative estimate of drug-likeness (QED) is 0.398. The van der Waals surface area contributed by atoms with Gasteiger partial charge in [0.25, 0.3) is 5.56 Å². The number of hydrogen-bond acceptors (Lipinski definition) is 5. The minimum absolute atomic E-state index is 0.121. The third kappa shape index (κ3) is 4.98. The third-order valence-electron chi connectivity index (χ3n) is 4.83. The number of amides is 2. The van der Waals surface area contributed by atoms with E-state index < -0.39 is 17.4 Å². The van der Waals surface area contributed by atoms with Gasteiger partial charge in [-0.05, 0) is 36.8 Å². The highest BCUT2D eigenvalue weighted by Crippen LogP contribution is 2.31. The summed E-state index contributed by atoms with van der Waals surface area (Å²) in [4.78, 5) is 45.0. The molecule has 0 saturated heterocycles. The van der Waals surface area contributed by atoms with E-state index in [2.05, 4.69) is 20.6 Å². The van der Waals surface area contributed by atoms with E-state index in [9.17, 15) is 14.4 Å². The first kappa shape index (κ1) is 21.1. The zero-order valence-electron chi connectivity index (χ0n) is 16.6. The predicted octanol–water partition coefficient (Wildman–Crippen LogP) is 4.09. The summed E-state index contributed by atoms with van der Waals surface area (Å²) in [5.41, 5.74) is 2.35. The molecular formula is C22H19ClN4O3S. The molecule has 1 atom stereocenters. The van der Waals surface area contributed by atoms with E-state index in [-0.39, 0.29) is 23.7 Å². The van der Waals surface area contributed by atoms with Gasteiger partial charge in [-0.3, -0.25) is 14.4 Å². The first-order valence-electron chi connectivity index (χ1n) is 9.58. The first-order chi connectivity index (χ1) is 14.9. The van der Waals surface area contributed by atoms with Gasteiger partial charge in [-0.2, -0.15) is 0 Å². The molecule has 2 aromatic carbocycles. The first-order valence-corrected chi connectivity index (χ1v) is 10.9. The number of carbonyl (C=O) groups excluding carboxylic acids is 2. The van der Waals surface area contributed by atoms with Crippen molar-refractivity contribution in [2.24, 2.45) is 0 Å². The summed E-state index contributed by atoms with van der Waals surface area (Å²) < 4.78 is 0. The van der Waals surface area contributed by atoms with Gasteiger partial charge in [0.05, 0.1) is 11.5 Å². The molecule has 3 N–H and O–H groups in total. The van der Waals surface area contributed by atoms with Crippen LogP contribution >= 0.6 is 23.4 Å². The molecule has 2 amide bonds. The smallest absolute Gasteiger partial charge is 0.257 e. The lowest BCUT2D eigenvalue weighted by atomic mass is 9.92. The maximum absolute atomic E-state index is 12.9. The summed E-state index contributed by atoms with van der Waals surface area (Å²) in [7, 11) is 0. The maximum Gasteiger partial charge on any atom is 0.257 e. The van der Waals surface area contributed by atoms with Crippen molar-refractivity contribution in [3.8, 4) is 0 Å². The zero-order chi connectivity index (χ0) is 22.0. The highest BCUT2D eigenvalue weighted by Gasteiger charge is 2.34. The molecule has 0 radical (unpaired) electrons. The van der Waals surface area contributed by atoms with E-state index in [1.54, 1.807) is 18.2 Å². The Morgan fingerprint density at radius 2 is 2.00 bits per heavy atom. The number of fused-ring (bicyclic) bond motifs is 1. The average molecular weight is 455 g/mol. The Hall–Kier alpha value is -3.10. The number of nitrogens with one attached hydrogen (secondary N) is 3. The predicted molar refractivity (Wildman–Crippen MR) is 122 cm³/mol. The number of hydrogen-bond donors (Lipinski definition) is 3. The Morgan fingerprint density at radius 3 is 2.74 bits per heavy atom. The highest BCUT2D eigenvalue weighted by atomic mass is 35.5. The van der Waals surface area contributed by atoms with Crippen molar-refractivity contribution in [2.45, 2.75) is 30.2 Å². The third-order valence-corrected chi connectivity index (χ3v) is 6.01. The van der Waals surface area contributed by atoms with E-state index in [0.29, 0.717) is 21.6 Å². The molecule has 1 aliphatic rings. The topological polar surface area (TPSA) is 104 Å². The Morgan fingerprint density at radius 1 is 1.23 bits per heavy atom. The molecule has 0 unspecified atom stereocenters. The van der Waals surface area contributed by atoms with Gasteiger partial charge in [-0.15, -0.1) is 0 Å². The number of aromatic nitrogens is 2. The van der Waals surface area contributed by atoms with Crippen molar-refractivity contribution in [2.75, 3.05) is 10.6 Å². The van der Waals surface area contributed by atoms with Crippen molar-refractivity contribution in [3.63, 3.8) is 0 Å². The van der Waals surface area contributed by atoms with Crippen LogP contribution < -0.4 is 16.2 Å². The Kier molecular flexibility index (Phi) is 6.11. The molecule has 1 aliphatic heterocycles. The van der Waals surface area contributed by atoms with E-state index in [0.717, 1.165) is 11.1 Å². The Bertz CT molecular complexity index is 1210. The van der Waals surface area contributed by atoms with Gasteiger partial charge in [0.15, 0.2) is 5.16 Å². The van der Waals surface area contributed by atoms with E-state index >= 15 is 0 Å². The normalized spacial score (nSPS) is 15.2. The van der Waals surface area contributed by atoms with Crippen LogP contribution in [0.2, 0.25) is 5.02 Å². The molecule has 0 saturated carbocycles. The monoisotopic (exact) mass is 454 g/mol. The molecule has 31 heavy (non-hydrogen) atoms. The van der Waals surface area contributed by atoms with Crippen LogP contribution in [0.5, 0.6) is 0 Å². The number of H-pyrrole nitrogens is 1. The van der Waals surface area contributed by atoms with Crippen molar-refractivity contribution in [1.82, 2.24) is 9.97 Å². The molecular weight excluding hydrogens is 436 g/mol. The summed E-state index contributed by atoms with van der Waals surface area (Å²) in [5, 5.41) is 6.37. The van der Waals surface area contributed by atoms with Gasteiger partial charge in [0.2, 0.25) is 11.8 Å². The lowest BCUT2D eigenvalue weighted by molar-refractivity contribution is -0.123. The standard InChI is InChI=1S/C22H19ClN4O3S/c1-12-5-7-15(8-6-12)24-20(29)16-10-17(28)25-19-18(16)21(30)27-22(26-19)31-11-13-3-2-4-14(23)9-13/h2-9,16H,10-11H2,1H3,(H,24,29)(H2,25,26,27,28,30)/t16-/m1/s1. The van der Waals surface area contributed by atoms with Crippen LogP contribution in [0.15, 0.2) is 58.5 Å². The second-order valence-electron chi connectivity index (χ2n) is 7.21. The molecule has 0 bridgehead atoms. The summed E-state index contributed by atoms with van der Waals surface area (Å²) in [6.07, 6.45) is -0.121. The molecule has 0 spiro atoms. The maximum atomic E-state index is 12.9. The van der Waals surface area contributed by atoms with Crippen LogP contribution in [0.4, 0.5) is 11.5 Å². The number of aryl methyl sites for hydroxylation is 1. The van der Waals surface area contributed by atoms with Gasteiger partial charge >= 0.3 is 0 Å². The Balaban J connectivity index is 1.57. The average Bonchev–Trinajstić information content (AvgIpc) is 2.73. The molecule has 1 aromatic heterocycles. The summed E-state index contributed by atoms with van der Waals surface area (Å²) >= 11 is 7.31. The van der Waals surface area contributed by atoms with Gasteiger partial charge in [0.1, 0.15) is 5.82 Å². The second-order valence-corrected chi connectivity index (χ2v) is 8.61. The van der Waals surface area contributed by atoms with Crippen LogP contribution in [0, 0.1) is 6.92 Å². The minimum atomic E-state index is -0.923. The molecule has 3 aromatic rings. The summed E-state index contributed by atoms with van der Waals surface area (Å²) in [6, 6.07) is 14.7. The molecule has 2 heterocycles. The second kappa shape index (κ2) is 8.95. The fourth-order valence-corrected chi connectivity index (χ4v) is 4.30. The molecule has 4 rings (SSSR count). The Labute approximate surface area is 187 Å². The number of rotatable bonds is 5. The van der Waals surface area contributed by atoms with Crippen LogP contribution in [-0.2, 0) is 15.3 Å². The van der Waals surface area contributed by atoms with Crippen LogP contribution in [0.3, 0.4) is 0 Å². The number of halogens is 1. The van der Waals surface area contributed by atoms with Crippen molar-refractivity contribution >= 4 is 46.7 Å². The fraction of sp³-hybridized carbons (Fsp3) is 0.182. The molecule has 9 heteroatoms. The largest absolute Gasteiger partial charge is 0.326 e. The molecule has 0 aliphatic carbocycles. The number of anilines is 2. The molecule has 0 fully saturated rings. The number of carbonyl (C=O) groups is 2. The van der Waals surface area contributed by atoms with Gasteiger partial charge in [-0.1, -0.05) is 53.2 Å². The van der Waals surface area contributed by atoms with Crippen LogP contribution in [-0.4, -0.2) is 21.8 Å². The van der Waals surface area contributed by atoms with E-state index in [4.69, 9.17) is 11.6 Å². The zero-order valence-corrected chi connectivity index (χ0v) is 18.1. The number of nitrogens with zero attached hydrogens (tertiary/aromatic N) is 1. The fourth-order valence-electron chi connectivity index (χ4n) is 3.29. The van der Waals surface area contributed by atoms with Gasteiger partial charge < -0.3 is 15.6 Å². The van der Waals surface area contributed by atoms with Crippen LogP contribution in [0.25, 0.3) is 0 Å². The highest BCUT2D eigenvalue weighted by molar-refractivity contribution is 7.98. The summed E-state index contributed by atoms with van der Waals surface area (Å²) in [5.74, 6) is -1.05. The molecule has 158 valence electrons. The SMILES string of the molecule is Cc1ccc(NC(=O)[C@@H]2CC(=O)Nc3nc(SCc4cccc(Cl)c4)[nH]c(=O)c32)cc1. The van der Waals surface area contributed by atoms with Gasteiger partial charge in [-0.25, -0.2) is 4.98 Å². The van der Waals surface area contributed by atoms with Gasteiger partial charge in [0, 0.05) is 22.9 Å². The lowest BCUT2D eigenvalue weighted by Crippen LogP contribution is -2.36. The van der Waals surface area contributed by atoms with Crippen molar-refractivity contribution in [1.29, 1.82) is 0 Å². The van der Waals surface area contributed by atoms with E-state index in [1.165, 1.54) is 11.8 Å². The number of thioether (sulfide) groups is 1. The van der Waals surface area contributed by atoms with Crippen LogP contribution in [0.1, 0.15) is 29.0 Å². The molecule has 7 nitrogen and oxygen atoms in total. The van der Waals surface area contributed by atoms with E-state index in [1.807, 2.05) is 37.3 Å². The van der Waals surface area contributed by atoms with Crippen molar-refractivity contribution < 1.29 is 9.59 Å². The number of benzene rings is 2. The lowest BCUT2D eigenvalue weighted by Gasteiger charge is -2.23. The van der Waals surface area contributed by atoms with Crippen molar-refractivity contribution in [3.05, 3.63) is 80.6 Å². The minimum Gasteiger partial charge on any atom is -0.326 e.